The predicted octanol–water partition coefficient (Wildman–Crippen LogP) is 5.45. The van der Waals surface area contributed by atoms with Crippen molar-refractivity contribution in [1.29, 1.82) is 0 Å². The normalized spacial score (nSPS) is 15.4. The summed E-state index contributed by atoms with van der Waals surface area (Å²) in [5.41, 5.74) is -0.353. The Hall–Kier alpha value is -0.850. The third-order valence-electron chi connectivity index (χ3n) is 3.36. The third-order valence-corrected chi connectivity index (χ3v) is 4.97. The van der Waals surface area contributed by atoms with Crippen LogP contribution in [0.1, 0.15) is 23.3 Å². The van der Waals surface area contributed by atoms with E-state index in [1.54, 1.807) is 12.1 Å². The highest BCUT2D eigenvalue weighted by Gasteiger charge is 2.34. The second kappa shape index (κ2) is 5.74. The molecule has 1 aromatic heterocycles. The number of halogens is 4. The largest absolute Gasteiger partial charge is 0.417 e. The zero-order valence-corrected chi connectivity index (χ0v) is 13.4. The summed E-state index contributed by atoms with van der Waals surface area (Å²) in [4.78, 5) is 1.72. The van der Waals surface area contributed by atoms with E-state index in [0.717, 1.165) is 17.5 Å². The van der Waals surface area contributed by atoms with Crippen molar-refractivity contribution in [3.63, 3.8) is 0 Å². The highest BCUT2D eigenvalue weighted by atomic mass is 79.9. The van der Waals surface area contributed by atoms with Crippen molar-refractivity contribution in [2.24, 2.45) is 0 Å². The van der Waals surface area contributed by atoms with E-state index in [4.69, 9.17) is 0 Å². The van der Waals surface area contributed by atoms with Crippen LogP contribution in [0.25, 0.3) is 10.4 Å². The van der Waals surface area contributed by atoms with Gasteiger partial charge < -0.3 is 5.32 Å². The van der Waals surface area contributed by atoms with Gasteiger partial charge in [-0.15, -0.1) is 11.3 Å². The topological polar surface area (TPSA) is 12.0 Å². The average molecular weight is 376 g/mol. The van der Waals surface area contributed by atoms with Gasteiger partial charge in [0.15, 0.2) is 0 Å². The molecule has 1 nitrogen and oxygen atoms in total. The van der Waals surface area contributed by atoms with Crippen molar-refractivity contribution in [2.45, 2.75) is 31.6 Å². The van der Waals surface area contributed by atoms with Crippen molar-refractivity contribution < 1.29 is 13.2 Å². The minimum atomic E-state index is -4.35. The van der Waals surface area contributed by atoms with Crippen LogP contribution in [0.5, 0.6) is 0 Å². The SMILES string of the molecule is FC(F)(F)c1cc(Br)ccc1-c1ccc(CNC2CC2)s1. The van der Waals surface area contributed by atoms with Gasteiger partial charge >= 0.3 is 6.18 Å². The molecule has 112 valence electrons. The van der Waals surface area contributed by atoms with Crippen molar-refractivity contribution in [3.05, 3.63) is 45.2 Å². The molecule has 3 rings (SSSR count). The van der Waals surface area contributed by atoms with Gasteiger partial charge in [0, 0.05) is 32.4 Å². The van der Waals surface area contributed by atoms with Gasteiger partial charge in [-0.3, -0.25) is 0 Å². The van der Waals surface area contributed by atoms with Gasteiger partial charge in [-0.2, -0.15) is 13.2 Å². The van der Waals surface area contributed by atoms with Crippen LogP contribution < -0.4 is 5.32 Å². The first-order valence-electron chi connectivity index (χ1n) is 6.63. The van der Waals surface area contributed by atoms with Crippen LogP contribution in [-0.4, -0.2) is 6.04 Å². The molecule has 6 heteroatoms. The molecule has 1 fully saturated rings. The maximum Gasteiger partial charge on any atom is 0.417 e. The molecule has 0 atom stereocenters. The minimum Gasteiger partial charge on any atom is -0.309 e. The Morgan fingerprint density at radius 3 is 2.62 bits per heavy atom. The van der Waals surface area contributed by atoms with Crippen LogP contribution in [-0.2, 0) is 12.7 Å². The molecule has 1 heterocycles. The van der Waals surface area contributed by atoms with Crippen molar-refractivity contribution in [2.75, 3.05) is 0 Å². The third kappa shape index (κ3) is 3.67. The molecule has 0 bridgehead atoms. The lowest BCUT2D eigenvalue weighted by molar-refractivity contribution is -0.137. The molecule has 1 aromatic carbocycles. The first kappa shape index (κ1) is 15.1. The molecule has 1 aliphatic rings. The van der Waals surface area contributed by atoms with Crippen molar-refractivity contribution in [3.8, 4) is 10.4 Å². The molecule has 0 unspecified atom stereocenters. The van der Waals surface area contributed by atoms with E-state index in [9.17, 15) is 13.2 Å². The van der Waals surface area contributed by atoms with Crippen LogP contribution in [0, 0.1) is 0 Å². The Balaban J connectivity index is 1.88. The van der Waals surface area contributed by atoms with Gasteiger partial charge in [0.05, 0.1) is 5.56 Å². The number of rotatable bonds is 4. The van der Waals surface area contributed by atoms with Crippen LogP contribution in [0.15, 0.2) is 34.8 Å². The van der Waals surface area contributed by atoms with Gasteiger partial charge in [0.1, 0.15) is 0 Å². The molecule has 1 saturated carbocycles. The Kier molecular flexibility index (Phi) is 4.12. The Morgan fingerprint density at radius 1 is 1.19 bits per heavy atom. The van der Waals surface area contributed by atoms with Crippen molar-refractivity contribution in [1.82, 2.24) is 5.32 Å². The van der Waals surface area contributed by atoms with Gasteiger partial charge in [-0.05, 0) is 37.1 Å². The van der Waals surface area contributed by atoms with Gasteiger partial charge in [-0.1, -0.05) is 22.0 Å². The number of thiophene rings is 1. The van der Waals surface area contributed by atoms with Gasteiger partial charge in [-0.25, -0.2) is 0 Å². The van der Waals surface area contributed by atoms with E-state index in [2.05, 4.69) is 21.2 Å². The first-order valence-corrected chi connectivity index (χ1v) is 8.23. The quantitative estimate of drug-likeness (QED) is 0.749. The molecule has 21 heavy (non-hydrogen) atoms. The summed E-state index contributed by atoms with van der Waals surface area (Å²) < 4.78 is 39.9. The maximum atomic E-state index is 13.2. The second-order valence-electron chi connectivity index (χ2n) is 5.11. The molecular weight excluding hydrogens is 363 g/mol. The van der Waals surface area contributed by atoms with E-state index in [0.29, 0.717) is 15.4 Å². The highest BCUT2D eigenvalue weighted by molar-refractivity contribution is 9.10. The van der Waals surface area contributed by atoms with Crippen LogP contribution in [0.3, 0.4) is 0 Å². The highest BCUT2D eigenvalue weighted by Crippen LogP contribution is 2.40. The lowest BCUT2D eigenvalue weighted by Gasteiger charge is -2.12. The average Bonchev–Trinajstić information content (AvgIpc) is 3.13. The smallest absolute Gasteiger partial charge is 0.309 e. The van der Waals surface area contributed by atoms with Crippen molar-refractivity contribution >= 4 is 27.3 Å². The van der Waals surface area contributed by atoms with E-state index in [1.165, 1.54) is 30.2 Å². The molecule has 0 spiro atoms. The molecular formula is C15H13BrF3NS. The Labute approximate surface area is 133 Å². The fourth-order valence-electron chi connectivity index (χ4n) is 2.12. The predicted molar refractivity (Wildman–Crippen MR) is 82.3 cm³/mol. The molecule has 0 amide bonds. The number of nitrogens with one attached hydrogen (secondary N) is 1. The van der Waals surface area contributed by atoms with E-state index >= 15 is 0 Å². The monoisotopic (exact) mass is 375 g/mol. The molecule has 0 radical (unpaired) electrons. The number of benzene rings is 1. The number of hydrogen-bond acceptors (Lipinski definition) is 2. The summed E-state index contributed by atoms with van der Waals surface area (Å²) in [6.45, 7) is 0.729. The second-order valence-corrected chi connectivity index (χ2v) is 7.19. The number of alkyl halides is 3. The van der Waals surface area contributed by atoms with Crippen LogP contribution >= 0.6 is 27.3 Å². The molecule has 1 aliphatic carbocycles. The van der Waals surface area contributed by atoms with Gasteiger partial charge in [0.25, 0.3) is 0 Å². The standard InChI is InChI=1S/C15H13BrF3NS/c16-9-1-5-12(13(7-9)15(17,18)19)14-6-4-11(21-14)8-20-10-2-3-10/h1,4-7,10,20H,2-3,8H2. The summed E-state index contributed by atoms with van der Waals surface area (Å²) in [7, 11) is 0. The lowest BCUT2D eigenvalue weighted by Crippen LogP contribution is -2.14. The molecule has 1 N–H and O–H groups in total. The van der Waals surface area contributed by atoms with E-state index in [-0.39, 0.29) is 5.56 Å². The van der Waals surface area contributed by atoms with E-state index < -0.39 is 11.7 Å². The first-order chi connectivity index (χ1) is 9.93. The summed E-state index contributed by atoms with van der Waals surface area (Å²) in [5, 5.41) is 3.37. The zero-order valence-electron chi connectivity index (χ0n) is 11.0. The van der Waals surface area contributed by atoms with E-state index in [1.807, 2.05) is 6.07 Å². The fraction of sp³-hybridized carbons (Fsp3) is 0.333. The van der Waals surface area contributed by atoms with Crippen LogP contribution in [0.2, 0.25) is 0 Å². The molecule has 0 saturated heterocycles. The van der Waals surface area contributed by atoms with Crippen LogP contribution in [0.4, 0.5) is 13.2 Å². The summed E-state index contributed by atoms with van der Waals surface area (Å²) in [6, 6.07) is 8.57. The Bertz CT molecular complexity index is 647. The zero-order chi connectivity index (χ0) is 15.0. The lowest BCUT2D eigenvalue weighted by atomic mass is 10.1. The minimum absolute atomic E-state index is 0.244. The molecule has 0 aliphatic heterocycles. The maximum absolute atomic E-state index is 13.2. The summed E-state index contributed by atoms with van der Waals surface area (Å²) >= 11 is 4.52. The molecule has 2 aromatic rings. The summed E-state index contributed by atoms with van der Waals surface area (Å²) in [5.74, 6) is 0. The fourth-order valence-corrected chi connectivity index (χ4v) is 3.48. The van der Waals surface area contributed by atoms with Gasteiger partial charge in [0.2, 0.25) is 0 Å². The number of hydrogen-bond donors (Lipinski definition) is 1. The summed E-state index contributed by atoms with van der Waals surface area (Å²) in [6.07, 6.45) is -1.96. The Morgan fingerprint density at radius 2 is 1.95 bits per heavy atom.